The Morgan fingerprint density at radius 1 is 0.509 bits per heavy atom. The van der Waals surface area contributed by atoms with Crippen LogP contribution in [0.15, 0.2) is 120 Å². The summed E-state index contributed by atoms with van der Waals surface area (Å²) < 4.78 is 1.61. The van der Waals surface area contributed by atoms with E-state index in [0.717, 1.165) is 16.8 Å². The van der Waals surface area contributed by atoms with Crippen molar-refractivity contribution < 1.29 is 0 Å². The molecule has 0 aliphatic heterocycles. The third-order valence-electron chi connectivity index (χ3n) is 8.06. The predicted molar refractivity (Wildman–Crippen MR) is 225 cm³/mol. The minimum Gasteiger partial charge on any atom is -0.329 e. The monoisotopic (exact) mass is 722 g/mol. The van der Waals surface area contributed by atoms with Crippen LogP contribution >= 0.6 is 0 Å². The lowest BCUT2D eigenvalue weighted by atomic mass is 9.88. The Morgan fingerprint density at radius 3 is 1.42 bits per heavy atom. The first-order valence-electron chi connectivity index (χ1n) is 18.3. The summed E-state index contributed by atoms with van der Waals surface area (Å²) in [5, 5.41) is 0. The Kier molecular flexibility index (Phi) is 17.5. The number of aryl methyl sites for hydroxylation is 1. The Balaban J connectivity index is 0.000000332. The highest BCUT2D eigenvalue weighted by molar-refractivity contribution is 5.21. The van der Waals surface area contributed by atoms with E-state index in [1.54, 1.807) is 30.2 Å². The Morgan fingerprint density at radius 2 is 1.08 bits per heavy atom. The molecule has 0 aliphatic rings. The summed E-state index contributed by atoms with van der Waals surface area (Å²) in [7, 11) is 1.78. The molecule has 0 aliphatic carbocycles. The van der Waals surface area contributed by atoms with Gasteiger partial charge in [-0.15, -0.1) is 0 Å². The molecule has 7 nitrogen and oxygen atoms in total. The summed E-state index contributed by atoms with van der Waals surface area (Å²) in [6.07, 6.45) is 12.6. The largest absolute Gasteiger partial charge is 0.329 e. The van der Waals surface area contributed by atoms with E-state index in [1.165, 1.54) is 11.1 Å². The average molecular weight is 722 g/mol. The molecule has 288 valence electrons. The summed E-state index contributed by atoms with van der Waals surface area (Å²) in [5.41, 5.74) is 6.13. The highest BCUT2D eigenvalue weighted by atomic mass is 16.1. The molecule has 0 atom stereocenters. The number of aromatic nitrogens is 5. The second-order valence-electron chi connectivity index (χ2n) is 18.2. The van der Waals surface area contributed by atoms with E-state index < -0.39 is 0 Å². The normalized spacial score (nSPS) is 11.5. The molecule has 0 fully saturated rings. The van der Waals surface area contributed by atoms with Crippen LogP contribution in [0.2, 0.25) is 0 Å². The molecule has 0 spiro atoms. The molecular formula is C46H67N5O2. The summed E-state index contributed by atoms with van der Waals surface area (Å²) in [5.74, 6) is 0. The zero-order valence-electron chi connectivity index (χ0n) is 35.5. The van der Waals surface area contributed by atoms with E-state index in [4.69, 9.17) is 0 Å². The Hall–Kier alpha value is -4.65. The topological polar surface area (TPSA) is 93.5 Å². The second-order valence-corrected chi connectivity index (χ2v) is 18.2. The maximum atomic E-state index is 11.6. The van der Waals surface area contributed by atoms with Crippen LogP contribution in [-0.2, 0) is 34.1 Å². The lowest BCUT2D eigenvalue weighted by molar-refractivity contribution is 0.569. The van der Waals surface area contributed by atoms with Crippen molar-refractivity contribution >= 4 is 0 Å². The molecule has 5 rings (SSSR count). The van der Waals surface area contributed by atoms with Gasteiger partial charge in [0.1, 0.15) is 0 Å². The van der Waals surface area contributed by atoms with Gasteiger partial charge in [-0.05, 0) is 75.3 Å². The van der Waals surface area contributed by atoms with Gasteiger partial charge < -0.3 is 9.55 Å². The van der Waals surface area contributed by atoms with Gasteiger partial charge in [-0.3, -0.25) is 24.5 Å². The lowest BCUT2D eigenvalue weighted by Gasteiger charge is -2.18. The third-order valence-corrected chi connectivity index (χ3v) is 8.06. The number of rotatable bonds is 0. The number of aromatic amines is 1. The van der Waals surface area contributed by atoms with Crippen molar-refractivity contribution in [3.63, 3.8) is 0 Å². The molecule has 0 amide bonds. The van der Waals surface area contributed by atoms with Crippen molar-refractivity contribution in [2.24, 2.45) is 7.05 Å². The average Bonchev–Trinajstić information content (AvgIpc) is 3.06. The van der Waals surface area contributed by atoms with Gasteiger partial charge in [-0.25, -0.2) is 0 Å². The zero-order valence-corrected chi connectivity index (χ0v) is 35.5. The lowest BCUT2D eigenvalue weighted by Crippen LogP contribution is -2.28. The van der Waals surface area contributed by atoms with Crippen molar-refractivity contribution in [1.82, 2.24) is 24.5 Å². The zero-order chi connectivity index (χ0) is 40.7. The minimum absolute atomic E-state index is 0.0139. The molecule has 7 heteroatoms. The predicted octanol–water partition coefficient (Wildman–Crippen LogP) is 10.5. The van der Waals surface area contributed by atoms with Gasteiger partial charge in [0.05, 0.1) is 0 Å². The van der Waals surface area contributed by atoms with Gasteiger partial charge in [0.2, 0.25) is 0 Å². The van der Waals surface area contributed by atoms with Crippen LogP contribution in [0.25, 0.3) is 0 Å². The first-order valence-corrected chi connectivity index (χ1v) is 18.3. The van der Waals surface area contributed by atoms with E-state index in [9.17, 15) is 9.59 Å². The van der Waals surface area contributed by atoms with Gasteiger partial charge in [0.15, 0.2) is 0 Å². The van der Waals surface area contributed by atoms with Crippen molar-refractivity contribution in [3.8, 4) is 0 Å². The maximum absolute atomic E-state index is 11.6. The highest BCUT2D eigenvalue weighted by Crippen LogP contribution is 2.22. The minimum atomic E-state index is -0.0607. The van der Waals surface area contributed by atoms with E-state index in [2.05, 4.69) is 107 Å². The molecule has 1 N–H and O–H groups in total. The summed E-state index contributed by atoms with van der Waals surface area (Å²) in [6.45, 7) is 31.8. The Labute approximate surface area is 320 Å². The maximum Gasteiger partial charge on any atom is 0.253 e. The van der Waals surface area contributed by atoms with Crippen LogP contribution in [0.3, 0.4) is 0 Å². The van der Waals surface area contributed by atoms with Gasteiger partial charge in [-0.2, -0.15) is 0 Å². The molecule has 5 heterocycles. The first kappa shape index (κ1) is 46.4. The molecule has 0 saturated carbocycles. The fraction of sp³-hybridized carbons (Fsp3) is 0.457. The third kappa shape index (κ3) is 17.6. The fourth-order valence-electron chi connectivity index (χ4n) is 4.65. The number of nitrogens with zero attached hydrogens (tertiary/aromatic N) is 4. The number of pyridine rings is 5. The van der Waals surface area contributed by atoms with E-state index >= 15 is 0 Å². The number of hydrogen-bond acceptors (Lipinski definition) is 5. The Bertz CT molecular complexity index is 1740. The van der Waals surface area contributed by atoms with Gasteiger partial charge in [0, 0.05) is 72.7 Å². The van der Waals surface area contributed by atoms with E-state index in [1.807, 2.05) is 109 Å². The van der Waals surface area contributed by atoms with Crippen LogP contribution in [0.5, 0.6) is 0 Å². The molecule has 5 aromatic heterocycles. The quantitative estimate of drug-likeness (QED) is 0.172. The number of H-pyrrole nitrogens is 1. The summed E-state index contributed by atoms with van der Waals surface area (Å²) >= 11 is 0. The first-order chi connectivity index (χ1) is 24.3. The van der Waals surface area contributed by atoms with Crippen molar-refractivity contribution in [2.45, 2.75) is 131 Å². The molecule has 0 radical (unpaired) electrons. The van der Waals surface area contributed by atoms with E-state index in [0.29, 0.717) is 0 Å². The standard InChI is InChI=1S/C10H15NO.C9H13NO.3C9H13N/c1-10(2,3)8-6-5-7-11(4)9(8)12;1-9(2,3)7-5-4-6-10-8(7)11;1-9(2,3)8-4-6-10-7-5-8;1-9(2,3)8-5-4-6-10-7-8;1-9(2,3)8-6-4-5-7-10-8/h5-7H,1-4H3;4-6H,1-3H3,(H,10,11);3*4-7H,1-3H3. The molecule has 0 unspecified atom stereocenters. The summed E-state index contributed by atoms with van der Waals surface area (Å²) in [6, 6.07) is 21.7. The van der Waals surface area contributed by atoms with Crippen LogP contribution in [0, 0.1) is 0 Å². The molecule has 0 saturated heterocycles. The second kappa shape index (κ2) is 20.0. The van der Waals surface area contributed by atoms with Crippen LogP contribution in [0.1, 0.15) is 132 Å². The van der Waals surface area contributed by atoms with Crippen LogP contribution in [0.4, 0.5) is 0 Å². The van der Waals surface area contributed by atoms with Gasteiger partial charge in [0.25, 0.3) is 11.1 Å². The molecule has 53 heavy (non-hydrogen) atoms. The number of nitrogens with one attached hydrogen (secondary N) is 1. The van der Waals surface area contributed by atoms with Crippen molar-refractivity contribution in [2.75, 3.05) is 0 Å². The van der Waals surface area contributed by atoms with Crippen molar-refractivity contribution in [1.29, 1.82) is 0 Å². The molecule has 0 aromatic carbocycles. The van der Waals surface area contributed by atoms with Crippen LogP contribution in [-0.4, -0.2) is 24.5 Å². The smallest absolute Gasteiger partial charge is 0.253 e. The van der Waals surface area contributed by atoms with E-state index in [-0.39, 0.29) is 38.2 Å². The number of hydrogen-bond donors (Lipinski definition) is 1. The SMILES string of the molecule is CC(C)(C)c1ccc[nH]c1=O.CC(C)(C)c1ccccn1.CC(C)(C)c1cccnc1.CC(C)(C)c1ccncc1.Cn1cccc(C(C)(C)C)c1=O. The van der Waals surface area contributed by atoms with Crippen molar-refractivity contribution in [3.05, 3.63) is 159 Å². The van der Waals surface area contributed by atoms with Crippen LogP contribution < -0.4 is 11.1 Å². The van der Waals surface area contributed by atoms with Gasteiger partial charge >= 0.3 is 0 Å². The molecule has 0 bridgehead atoms. The summed E-state index contributed by atoms with van der Waals surface area (Å²) in [4.78, 5) is 37.7. The van der Waals surface area contributed by atoms with Gasteiger partial charge in [-0.1, -0.05) is 128 Å². The fourth-order valence-corrected chi connectivity index (χ4v) is 4.65. The molecule has 5 aromatic rings. The molecular weight excluding hydrogens is 655 g/mol. The highest BCUT2D eigenvalue weighted by Gasteiger charge is 2.18.